The predicted octanol–water partition coefficient (Wildman–Crippen LogP) is 3.29. The summed E-state index contributed by atoms with van der Waals surface area (Å²) in [6.45, 7) is 6.31. The molecule has 3 aromatic rings. The number of rotatable bonds is 7. The Labute approximate surface area is 229 Å². The lowest BCUT2D eigenvalue weighted by Gasteiger charge is -2.36. The number of carbonyl (C=O) groups excluding carboxylic acids is 1. The van der Waals surface area contributed by atoms with Gasteiger partial charge in [0.2, 0.25) is 0 Å². The number of carbonyl (C=O) groups is 1. The van der Waals surface area contributed by atoms with E-state index in [1.54, 1.807) is 18.3 Å². The fourth-order valence-corrected chi connectivity index (χ4v) is 5.33. The van der Waals surface area contributed by atoms with Crippen molar-refractivity contribution in [2.24, 2.45) is 0 Å². The largest absolute Gasteiger partial charge is 0.573 e. The van der Waals surface area contributed by atoms with Gasteiger partial charge in [0.15, 0.2) is 0 Å². The summed E-state index contributed by atoms with van der Waals surface area (Å²) >= 11 is 0. The number of amides is 1. The normalized spacial score (nSPS) is 17.4. The fourth-order valence-electron chi connectivity index (χ4n) is 5.33. The van der Waals surface area contributed by atoms with Gasteiger partial charge in [0.25, 0.3) is 5.91 Å². The Morgan fingerprint density at radius 2 is 1.80 bits per heavy atom. The van der Waals surface area contributed by atoms with Crippen LogP contribution in [0.4, 0.5) is 24.5 Å². The number of likely N-dealkylation sites (tertiary alicyclic amines) is 1. The second-order valence-electron chi connectivity index (χ2n) is 10.0. The van der Waals surface area contributed by atoms with E-state index in [4.69, 9.17) is 15.5 Å². The van der Waals surface area contributed by atoms with E-state index >= 15 is 0 Å². The van der Waals surface area contributed by atoms with E-state index in [2.05, 4.69) is 30.6 Å². The minimum Gasteiger partial charge on any atom is -0.406 e. The number of methoxy groups -OCH3 is 1. The number of pyridine rings is 1. The molecule has 10 nitrogen and oxygen atoms in total. The average Bonchev–Trinajstić information content (AvgIpc) is 2.95. The number of benzene rings is 1. The molecule has 13 heteroatoms. The Morgan fingerprint density at radius 3 is 2.48 bits per heavy atom. The summed E-state index contributed by atoms with van der Waals surface area (Å²) in [6, 6.07) is 5.44. The number of hydrogen-bond acceptors (Lipinski definition) is 9. The zero-order valence-corrected chi connectivity index (χ0v) is 22.2. The SMILES string of the molecule is COCCN1CCN(c2cnc3c(C4CCN(C(=O)c5ccc(OC(F)(F)F)cc5N)CC4)ncnc3c2)CC1. The van der Waals surface area contributed by atoms with E-state index in [1.165, 1.54) is 6.07 Å². The lowest BCUT2D eigenvalue weighted by atomic mass is 9.92. The van der Waals surface area contributed by atoms with Crippen molar-refractivity contribution in [3.05, 3.63) is 48.0 Å². The monoisotopic (exact) mass is 559 g/mol. The summed E-state index contributed by atoms with van der Waals surface area (Å²) in [6.07, 6.45) is -0.0525. The van der Waals surface area contributed by atoms with E-state index in [1.807, 2.05) is 6.20 Å². The minimum absolute atomic E-state index is 0.0629. The van der Waals surface area contributed by atoms with Crippen molar-refractivity contribution in [2.75, 3.05) is 70.2 Å². The van der Waals surface area contributed by atoms with Crippen LogP contribution in [0.1, 0.15) is 34.8 Å². The van der Waals surface area contributed by atoms with Crippen LogP contribution < -0.4 is 15.4 Å². The maximum atomic E-state index is 13.1. The molecule has 4 heterocycles. The Morgan fingerprint density at radius 1 is 1.05 bits per heavy atom. The highest BCUT2D eigenvalue weighted by Gasteiger charge is 2.32. The zero-order valence-electron chi connectivity index (χ0n) is 22.2. The summed E-state index contributed by atoms with van der Waals surface area (Å²) < 4.78 is 46.5. The van der Waals surface area contributed by atoms with Crippen LogP contribution in [0, 0.1) is 0 Å². The Kier molecular flexibility index (Phi) is 8.22. The van der Waals surface area contributed by atoms with Gasteiger partial charge in [0.05, 0.1) is 35.3 Å². The molecule has 2 N–H and O–H groups in total. The zero-order chi connectivity index (χ0) is 28.3. The maximum absolute atomic E-state index is 13.1. The summed E-state index contributed by atoms with van der Waals surface area (Å²) in [7, 11) is 1.72. The summed E-state index contributed by atoms with van der Waals surface area (Å²) in [5, 5.41) is 0. The molecular weight excluding hydrogens is 527 g/mol. The van der Waals surface area contributed by atoms with E-state index in [0.717, 1.165) is 73.9 Å². The molecule has 1 aromatic carbocycles. The van der Waals surface area contributed by atoms with E-state index < -0.39 is 12.1 Å². The first-order valence-corrected chi connectivity index (χ1v) is 13.2. The third kappa shape index (κ3) is 6.36. The number of anilines is 2. The van der Waals surface area contributed by atoms with E-state index in [0.29, 0.717) is 25.9 Å². The van der Waals surface area contributed by atoms with Crippen LogP contribution in [-0.2, 0) is 4.74 Å². The number of alkyl halides is 3. The van der Waals surface area contributed by atoms with Crippen LogP contribution in [0.25, 0.3) is 11.0 Å². The van der Waals surface area contributed by atoms with Crippen LogP contribution in [0.15, 0.2) is 36.8 Å². The second-order valence-corrected chi connectivity index (χ2v) is 10.0. The Balaban J connectivity index is 1.22. The number of nitrogen functional groups attached to an aromatic ring is 1. The molecule has 0 saturated carbocycles. The second kappa shape index (κ2) is 11.8. The van der Waals surface area contributed by atoms with Gasteiger partial charge in [-0.3, -0.25) is 14.7 Å². The first-order valence-electron chi connectivity index (χ1n) is 13.2. The number of hydrogen-bond donors (Lipinski definition) is 1. The van der Waals surface area contributed by atoms with Gasteiger partial charge in [-0.25, -0.2) is 9.97 Å². The molecule has 0 spiro atoms. The van der Waals surface area contributed by atoms with Crippen molar-refractivity contribution < 1.29 is 27.4 Å². The lowest BCUT2D eigenvalue weighted by molar-refractivity contribution is -0.274. The van der Waals surface area contributed by atoms with Gasteiger partial charge < -0.3 is 25.0 Å². The van der Waals surface area contributed by atoms with Gasteiger partial charge in [-0.1, -0.05) is 0 Å². The molecule has 2 aliphatic heterocycles. The molecule has 2 saturated heterocycles. The van der Waals surface area contributed by atoms with Crippen molar-refractivity contribution >= 4 is 28.3 Å². The predicted molar refractivity (Wildman–Crippen MR) is 143 cm³/mol. The van der Waals surface area contributed by atoms with Gasteiger partial charge in [0, 0.05) is 70.6 Å². The number of piperidine rings is 1. The molecule has 214 valence electrons. The maximum Gasteiger partial charge on any atom is 0.573 e. The van der Waals surface area contributed by atoms with E-state index in [9.17, 15) is 18.0 Å². The molecule has 2 fully saturated rings. The molecule has 0 radical (unpaired) electrons. The van der Waals surface area contributed by atoms with Crippen molar-refractivity contribution in [1.29, 1.82) is 0 Å². The number of fused-ring (bicyclic) bond motifs is 1. The van der Waals surface area contributed by atoms with Gasteiger partial charge in [-0.15, -0.1) is 13.2 Å². The molecule has 0 aliphatic carbocycles. The van der Waals surface area contributed by atoms with Crippen LogP contribution in [0.5, 0.6) is 5.75 Å². The summed E-state index contributed by atoms with van der Waals surface area (Å²) in [5.74, 6) is -0.694. The third-order valence-corrected chi connectivity index (χ3v) is 7.49. The first-order chi connectivity index (χ1) is 19.2. The third-order valence-electron chi connectivity index (χ3n) is 7.49. The van der Waals surface area contributed by atoms with Crippen LogP contribution >= 0.6 is 0 Å². The topological polar surface area (TPSA) is 110 Å². The van der Waals surface area contributed by atoms with Crippen molar-refractivity contribution in [1.82, 2.24) is 24.8 Å². The Bertz CT molecular complexity index is 1340. The molecule has 1 amide bonds. The molecule has 40 heavy (non-hydrogen) atoms. The van der Waals surface area contributed by atoms with Crippen molar-refractivity contribution in [3.8, 4) is 5.75 Å². The molecule has 2 aliphatic rings. The van der Waals surface area contributed by atoms with Gasteiger partial charge in [-0.05, 0) is 31.0 Å². The molecule has 0 atom stereocenters. The van der Waals surface area contributed by atoms with Gasteiger partial charge >= 0.3 is 6.36 Å². The van der Waals surface area contributed by atoms with Gasteiger partial charge in [-0.2, -0.15) is 0 Å². The standard InChI is InChI=1S/C27H32F3N7O3/c1-39-13-12-35-8-10-36(11-9-35)19-14-23-25(32-16-19)24(34-17-33-23)18-4-6-37(7-5-18)26(38)21-3-2-20(15-22(21)31)40-27(28,29)30/h2-3,14-18H,4-13,31H2,1H3. The quantitative estimate of drug-likeness (QED) is 0.436. The lowest BCUT2D eigenvalue weighted by Crippen LogP contribution is -2.47. The van der Waals surface area contributed by atoms with Crippen LogP contribution in [0.3, 0.4) is 0 Å². The van der Waals surface area contributed by atoms with Gasteiger partial charge in [0.1, 0.15) is 17.6 Å². The van der Waals surface area contributed by atoms with Crippen molar-refractivity contribution in [2.45, 2.75) is 25.1 Å². The molecule has 2 aromatic heterocycles. The number of piperazine rings is 1. The smallest absolute Gasteiger partial charge is 0.406 e. The fraction of sp³-hybridized carbons (Fsp3) is 0.481. The first kappa shape index (κ1) is 27.8. The van der Waals surface area contributed by atoms with Crippen LogP contribution in [0.2, 0.25) is 0 Å². The van der Waals surface area contributed by atoms with Crippen LogP contribution in [-0.4, -0.2) is 96.6 Å². The summed E-state index contributed by atoms with van der Waals surface area (Å²) in [5.41, 5.74) is 9.42. The number of ether oxygens (including phenoxy) is 2. The number of nitrogens with two attached hydrogens (primary N) is 1. The number of nitrogens with zero attached hydrogens (tertiary/aromatic N) is 6. The highest BCUT2D eigenvalue weighted by Crippen LogP contribution is 2.33. The highest BCUT2D eigenvalue weighted by molar-refractivity contribution is 5.99. The number of halogens is 3. The van der Waals surface area contributed by atoms with E-state index in [-0.39, 0.29) is 23.1 Å². The molecular formula is C27H32F3N7O3. The highest BCUT2D eigenvalue weighted by atomic mass is 19.4. The summed E-state index contributed by atoms with van der Waals surface area (Å²) in [4.78, 5) is 33.2. The van der Waals surface area contributed by atoms with Crippen molar-refractivity contribution in [3.63, 3.8) is 0 Å². The molecule has 0 unspecified atom stereocenters. The Hall–Kier alpha value is -3.71. The molecule has 5 rings (SSSR count). The minimum atomic E-state index is -4.83. The average molecular weight is 560 g/mol. The molecule has 0 bridgehead atoms. The number of aromatic nitrogens is 3.